The molecule has 2 N–H and O–H groups in total. The van der Waals surface area contributed by atoms with E-state index in [0.717, 1.165) is 6.42 Å². The second kappa shape index (κ2) is 4.70. The minimum absolute atomic E-state index is 0.418. The Kier molecular flexibility index (Phi) is 4.62. The van der Waals surface area contributed by atoms with Crippen LogP contribution in [0.15, 0.2) is 0 Å². The molecular formula is C6H13FO2. The van der Waals surface area contributed by atoms with Gasteiger partial charge in [0.1, 0.15) is 6.17 Å². The predicted octanol–water partition coefficient (Wildman–Crippen LogP) is 0.478. The van der Waals surface area contributed by atoms with Crippen molar-refractivity contribution in [3.63, 3.8) is 0 Å². The van der Waals surface area contributed by atoms with Crippen molar-refractivity contribution in [3.8, 4) is 0 Å². The van der Waals surface area contributed by atoms with Crippen LogP contribution in [0.1, 0.15) is 19.8 Å². The molecule has 0 aromatic rings. The summed E-state index contributed by atoms with van der Waals surface area (Å²) in [6, 6.07) is 0. The van der Waals surface area contributed by atoms with Crippen LogP contribution in [0.2, 0.25) is 0 Å². The van der Waals surface area contributed by atoms with E-state index in [9.17, 15) is 4.39 Å². The van der Waals surface area contributed by atoms with Crippen molar-refractivity contribution < 1.29 is 14.6 Å². The van der Waals surface area contributed by atoms with Crippen LogP contribution in [0.4, 0.5) is 4.39 Å². The predicted molar refractivity (Wildman–Crippen MR) is 32.9 cm³/mol. The van der Waals surface area contributed by atoms with Crippen LogP contribution >= 0.6 is 0 Å². The first-order valence-electron chi connectivity index (χ1n) is 3.15. The van der Waals surface area contributed by atoms with E-state index in [1.165, 1.54) is 0 Å². The quantitative estimate of drug-likeness (QED) is 0.590. The van der Waals surface area contributed by atoms with E-state index in [4.69, 9.17) is 10.2 Å². The van der Waals surface area contributed by atoms with E-state index < -0.39 is 18.9 Å². The lowest BCUT2D eigenvalue weighted by molar-refractivity contribution is 0.0346. The molecule has 2 atom stereocenters. The fourth-order valence-electron chi connectivity index (χ4n) is 0.598. The van der Waals surface area contributed by atoms with Gasteiger partial charge in [-0.25, -0.2) is 4.39 Å². The molecule has 56 valence electrons. The van der Waals surface area contributed by atoms with Gasteiger partial charge < -0.3 is 10.2 Å². The molecule has 0 fully saturated rings. The highest BCUT2D eigenvalue weighted by molar-refractivity contribution is 4.64. The van der Waals surface area contributed by atoms with Crippen molar-refractivity contribution in [1.82, 2.24) is 0 Å². The summed E-state index contributed by atoms with van der Waals surface area (Å²) in [7, 11) is 0. The molecule has 3 heteroatoms. The zero-order valence-corrected chi connectivity index (χ0v) is 5.55. The summed E-state index contributed by atoms with van der Waals surface area (Å²) in [6.07, 6.45) is -1.30. The van der Waals surface area contributed by atoms with Crippen molar-refractivity contribution in [2.24, 2.45) is 0 Å². The van der Waals surface area contributed by atoms with Crippen LogP contribution in [0.25, 0.3) is 0 Å². The van der Waals surface area contributed by atoms with Gasteiger partial charge in [0.15, 0.2) is 0 Å². The van der Waals surface area contributed by atoms with E-state index in [1.54, 1.807) is 0 Å². The highest BCUT2D eigenvalue weighted by atomic mass is 19.1. The molecule has 0 radical (unpaired) electrons. The van der Waals surface area contributed by atoms with Gasteiger partial charge in [0, 0.05) is 0 Å². The molecule has 0 aliphatic rings. The monoisotopic (exact) mass is 136 g/mol. The van der Waals surface area contributed by atoms with E-state index >= 15 is 0 Å². The van der Waals surface area contributed by atoms with Crippen molar-refractivity contribution in [3.05, 3.63) is 0 Å². The largest absolute Gasteiger partial charge is 0.393 e. The van der Waals surface area contributed by atoms with E-state index in [1.807, 2.05) is 6.92 Å². The van der Waals surface area contributed by atoms with E-state index in [-0.39, 0.29) is 0 Å². The van der Waals surface area contributed by atoms with Crippen LogP contribution in [0, 0.1) is 0 Å². The SMILES string of the molecule is CCC[C@@H](O)[C@@H](F)CO. The fraction of sp³-hybridized carbons (Fsp3) is 1.00. The topological polar surface area (TPSA) is 40.5 Å². The Bertz CT molecular complexity index is 68.1. The fourth-order valence-corrected chi connectivity index (χ4v) is 0.598. The molecule has 9 heavy (non-hydrogen) atoms. The normalized spacial score (nSPS) is 17.3. The molecule has 2 nitrogen and oxygen atoms in total. The summed E-state index contributed by atoms with van der Waals surface area (Å²) in [5.74, 6) is 0. The van der Waals surface area contributed by atoms with Gasteiger partial charge in [-0.1, -0.05) is 13.3 Å². The van der Waals surface area contributed by atoms with Crippen molar-refractivity contribution in [1.29, 1.82) is 0 Å². The van der Waals surface area contributed by atoms with Gasteiger partial charge in [-0.2, -0.15) is 0 Å². The number of hydrogen-bond acceptors (Lipinski definition) is 2. The second-order valence-electron chi connectivity index (χ2n) is 2.05. The Morgan fingerprint density at radius 1 is 1.56 bits per heavy atom. The van der Waals surface area contributed by atoms with Crippen LogP contribution in [0.3, 0.4) is 0 Å². The molecule has 0 bridgehead atoms. The summed E-state index contributed by atoms with van der Waals surface area (Å²) in [6.45, 7) is 1.27. The highest BCUT2D eigenvalue weighted by Crippen LogP contribution is 2.04. The maximum Gasteiger partial charge on any atom is 0.149 e. The average Bonchev–Trinajstić information content (AvgIpc) is 1.87. The third-order valence-electron chi connectivity index (χ3n) is 1.18. The molecule has 0 aliphatic heterocycles. The molecule has 0 saturated carbocycles. The third-order valence-corrected chi connectivity index (χ3v) is 1.18. The minimum atomic E-state index is -1.47. The molecule has 0 aliphatic carbocycles. The second-order valence-corrected chi connectivity index (χ2v) is 2.05. The molecule has 0 unspecified atom stereocenters. The van der Waals surface area contributed by atoms with Gasteiger partial charge in [0.05, 0.1) is 12.7 Å². The van der Waals surface area contributed by atoms with Crippen LogP contribution in [-0.2, 0) is 0 Å². The van der Waals surface area contributed by atoms with Gasteiger partial charge in [0.2, 0.25) is 0 Å². The van der Waals surface area contributed by atoms with Gasteiger partial charge in [0.25, 0.3) is 0 Å². The van der Waals surface area contributed by atoms with Crippen molar-refractivity contribution in [2.75, 3.05) is 6.61 Å². The minimum Gasteiger partial charge on any atom is -0.393 e. The maximum atomic E-state index is 12.2. The van der Waals surface area contributed by atoms with Crippen molar-refractivity contribution in [2.45, 2.75) is 32.0 Å². The Morgan fingerprint density at radius 3 is 2.44 bits per heavy atom. The molecule has 0 rings (SSSR count). The lowest BCUT2D eigenvalue weighted by Crippen LogP contribution is -2.24. The molecule has 0 aromatic heterocycles. The average molecular weight is 136 g/mol. The lowest BCUT2D eigenvalue weighted by atomic mass is 10.1. The highest BCUT2D eigenvalue weighted by Gasteiger charge is 2.14. The van der Waals surface area contributed by atoms with Crippen LogP contribution < -0.4 is 0 Å². The number of aliphatic hydroxyl groups is 2. The number of rotatable bonds is 4. The Labute approximate surface area is 54.3 Å². The molecular weight excluding hydrogens is 123 g/mol. The van der Waals surface area contributed by atoms with Gasteiger partial charge in [-0.3, -0.25) is 0 Å². The molecule has 0 saturated heterocycles. The summed E-state index contributed by atoms with van der Waals surface area (Å²) < 4.78 is 12.2. The Morgan fingerprint density at radius 2 is 2.11 bits per heavy atom. The van der Waals surface area contributed by atoms with Crippen LogP contribution in [-0.4, -0.2) is 29.1 Å². The van der Waals surface area contributed by atoms with E-state index in [0.29, 0.717) is 6.42 Å². The van der Waals surface area contributed by atoms with Gasteiger partial charge in [-0.15, -0.1) is 0 Å². The Hall–Kier alpha value is -0.150. The van der Waals surface area contributed by atoms with E-state index in [2.05, 4.69) is 0 Å². The lowest BCUT2D eigenvalue weighted by Gasteiger charge is -2.10. The molecule has 0 amide bonds. The maximum absolute atomic E-state index is 12.2. The first kappa shape index (κ1) is 8.85. The van der Waals surface area contributed by atoms with Gasteiger partial charge >= 0.3 is 0 Å². The Balaban J connectivity index is 3.32. The number of hydrogen-bond donors (Lipinski definition) is 2. The summed E-state index contributed by atoms with van der Waals surface area (Å²) in [5.41, 5.74) is 0. The standard InChI is InChI=1S/C6H13FO2/c1-2-3-6(9)5(7)4-8/h5-6,8-9H,2-4H2,1H3/t5-,6+/m0/s1. The number of aliphatic hydroxyl groups excluding tert-OH is 2. The zero-order valence-electron chi connectivity index (χ0n) is 5.55. The first-order chi connectivity index (χ1) is 4.22. The summed E-state index contributed by atoms with van der Waals surface area (Å²) >= 11 is 0. The van der Waals surface area contributed by atoms with Crippen LogP contribution in [0.5, 0.6) is 0 Å². The summed E-state index contributed by atoms with van der Waals surface area (Å²) in [4.78, 5) is 0. The van der Waals surface area contributed by atoms with Gasteiger partial charge in [-0.05, 0) is 6.42 Å². The first-order valence-corrected chi connectivity index (χ1v) is 3.15. The van der Waals surface area contributed by atoms with Crippen molar-refractivity contribution >= 4 is 0 Å². The molecule has 0 aromatic carbocycles. The molecule has 0 heterocycles. The summed E-state index contributed by atoms with van der Waals surface area (Å²) in [5, 5.41) is 17.0. The zero-order chi connectivity index (χ0) is 7.28. The number of alkyl halides is 1. The number of halogens is 1. The smallest absolute Gasteiger partial charge is 0.149 e. The molecule has 0 spiro atoms. The third kappa shape index (κ3) is 3.43.